The van der Waals surface area contributed by atoms with Crippen LogP contribution in [-0.2, 0) is 0 Å². The van der Waals surface area contributed by atoms with Crippen molar-refractivity contribution < 1.29 is 0 Å². The lowest BCUT2D eigenvalue weighted by Gasteiger charge is -2.29. The van der Waals surface area contributed by atoms with Gasteiger partial charge in [-0.05, 0) is 18.4 Å². The molecular weight excluding hydrogens is 176 g/mol. The summed E-state index contributed by atoms with van der Waals surface area (Å²) in [7, 11) is 0. The monoisotopic (exact) mass is 196 g/mol. The second-order valence-electron chi connectivity index (χ2n) is 4.65. The van der Waals surface area contributed by atoms with Crippen LogP contribution in [0.15, 0.2) is 6.20 Å². The molecule has 0 aliphatic heterocycles. The summed E-state index contributed by atoms with van der Waals surface area (Å²) in [6.07, 6.45) is 2.92. The van der Waals surface area contributed by atoms with E-state index in [2.05, 4.69) is 48.4 Å². The third-order valence-electron chi connectivity index (χ3n) is 2.19. The van der Waals surface area contributed by atoms with E-state index in [1.54, 1.807) is 6.20 Å². The van der Waals surface area contributed by atoms with Crippen molar-refractivity contribution in [2.45, 2.75) is 40.2 Å². The first-order valence-corrected chi connectivity index (χ1v) is 5.14. The molecule has 4 nitrogen and oxygen atoms in total. The number of H-pyrrole nitrogens is 1. The topological polar surface area (TPSA) is 53.6 Å². The molecule has 2 N–H and O–H groups in total. The molecule has 1 heterocycles. The molecule has 0 aliphatic rings. The van der Waals surface area contributed by atoms with Gasteiger partial charge in [-0.3, -0.25) is 0 Å². The fourth-order valence-electron chi connectivity index (χ4n) is 1.49. The molecular formula is C10H20N4. The van der Waals surface area contributed by atoms with E-state index in [0.29, 0.717) is 0 Å². The van der Waals surface area contributed by atoms with Crippen molar-refractivity contribution in [3.63, 3.8) is 0 Å². The number of hydrogen-bond acceptors (Lipinski definition) is 3. The smallest absolute Gasteiger partial charge is 0.0999 e. The van der Waals surface area contributed by atoms with Crippen molar-refractivity contribution in [1.82, 2.24) is 20.7 Å². The second kappa shape index (κ2) is 4.55. The fraction of sp³-hybridized carbons (Fsp3) is 0.800. The van der Waals surface area contributed by atoms with Gasteiger partial charge in [-0.1, -0.05) is 27.7 Å². The van der Waals surface area contributed by atoms with E-state index in [1.807, 2.05) is 0 Å². The van der Waals surface area contributed by atoms with E-state index in [4.69, 9.17) is 0 Å². The van der Waals surface area contributed by atoms with Crippen LogP contribution in [-0.4, -0.2) is 22.0 Å². The summed E-state index contributed by atoms with van der Waals surface area (Å²) in [5.74, 6) is 0. The highest BCUT2D eigenvalue weighted by Crippen LogP contribution is 2.30. The van der Waals surface area contributed by atoms with Crippen molar-refractivity contribution in [2.75, 3.05) is 6.54 Å². The average Bonchev–Trinajstić information content (AvgIpc) is 2.55. The predicted molar refractivity (Wildman–Crippen MR) is 56.9 cm³/mol. The van der Waals surface area contributed by atoms with Crippen molar-refractivity contribution >= 4 is 0 Å². The Morgan fingerprint density at radius 2 is 2.21 bits per heavy atom. The maximum Gasteiger partial charge on any atom is 0.0999 e. The predicted octanol–water partition coefficient (Wildman–Crippen LogP) is 1.89. The minimum absolute atomic E-state index is 0.159. The molecule has 1 rings (SSSR count). The summed E-state index contributed by atoms with van der Waals surface area (Å²) in [5.41, 5.74) is 1.15. The Morgan fingerprint density at radius 3 is 2.64 bits per heavy atom. The number of aromatic nitrogens is 3. The Labute approximate surface area is 85.5 Å². The number of hydrogen-bond donors (Lipinski definition) is 2. The number of nitrogens with one attached hydrogen (secondary N) is 2. The van der Waals surface area contributed by atoms with E-state index >= 15 is 0 Å². The van der Waals surface area contributed by atoms with Gasteiger partial charge >= 0.3 is 0 Å². The first-order chi connectivity index (χ1) is 6.55. The third kappa shape index (κ3) is 2.80. The van der Waals surface area contributed by atoms with Crippen molar-refractivity contribution in [2.24, 2.45) is 5.41 Å². The van der Waals surface area contributed by atoms with Gasteiger partial charge in [0, 0.05) is 0 Å². The highest BCUT2D eigenvalue weighted by atomic mass is 15.3. The highest BCUT2D eigenvalue weighted by Gasteiger charge is 2.27. The minimum atomic E-state index is 0.159. The van der Waals surface area contributed by atoms with Gasteiger partial charge in [0.25, 0.3) is 0 Å². The lowest BCUT2D eigenvalue weighted by molar-refractivity contribution is 0.268. The molecule has 0 radical (unpaired) electrons. The fourth-order valence-corrected chi connectivity index (χ4v) is 1.49. The largest absolute Gasteiger partial charge is 0.308 e. The summed E-state index contributed by atoms with van der Waals surface area (Å²) < 4.78 is 0. The average molecular weight is 196 g/mol. The molecule has 0 fully saturated rings. The highest BCUT2D eigenvalue weighted by molar-refractivity contribution is 5.04. The van der Waals surface area contributed by atoms with E-state index in [9.17, 15) is 0 Å². The molecule has 1 aromatic heterocycles. The van der Waals surface area contributed by atoms with Gasteiger partial charge in [-0.2, -0.15) is 15.4 Å². The Bertz CT molecular complexity index is 248. The minimum Gasteiger partial charge on any atom is -0.308 e. The summed E-state index contributed by atoms with van der Waals surface area (Å²) in [4.78, 5) is 0. The van der Waals surface area contributed by atoms with Gasteiger partial charge in [0.2, 0.25) is 0 Å². The zero-order chi connectivity index (χ0) is 10.6. The van der Waals surface area contributed by atoms with Crippen molar-refractivity contribution in [3.05, 3.63) is 11.9 Å². The van der Waals surface area contributed by atoms with Gasteiger partial charge in [-0.25, -0.2) is 0 Å². The van der Waals surface area contributed by atoms with Crippen molar-refractivity contribution in [1.29, 1.82) is 0 Å². The molecule has 4 heteroatoms. The van der Waals surface area contributed by atoms with E-state index in [1.165, 1.54) is 0 Å². The quantitative estimate of drug-likeness (QED) is 0.773. The van der Waals surface area contributed by atoms with Crippen LogP contribution in [0.3, 0.4) is 0 Å². The molecule has 0 aliphatic carbocycles. The molecule has 0 spiro atoms. The van der Waals surface area contributed by atoms with Crippen LogP contribution in [0.2, 0.25) is 0 Å². The maximum absolute atomic E-state index is 4.14. The van der Waals surface area contributed by atoms with Crippen LogP contribution >= 0.6 is 0 Å². The standard InChI is InChI=1S/C10H20N4/c1-5-6-11-9(10(2,3)4)8-7-12-14-13-8/h7,9,11H,5-6H2,1-4H3,(H,12,13,14). The molecule has 0 saturated carbocycles. The SMILES string of the molecule is CCCNC(c1cn[nH]n1)C(C)(C)C. The van der Waals surface area contributed by atoms with Gasteiger partial charge in [0.15, 0.2) is 0 Å². The Hall–Kier alpha value is -0.900. The van der Waals surface area contributed by atoms with Crippen LogP contribution in [0, 0.1) is 5.41 Å². The summed E-state index contributed by atoms with van der Waals surface area (Å²) in [5, 5.41) is 14.1. The molecule has 0 aromatic carbocycles. The Kier molecular flexibility index (Phi) is 3.63. The number of aromatic amines is 1. The van der Waals surface area contributed by atoms with Crippen LogP contribution in [0.1, 0.15) is 45.9 Å². The molecule has 80 valence electrons. The third-order valence-corrected chi connectivity index (χ3v) is 2.19. The first kappa shape index (κ1) is 11.2. The van der Waals surface area contributed by atoms with Gasteiger partial charge < -0.3 is 5.32 Å². The Morgan fingerprint density at radius 1 is 1.50 bits per heavy atom. The number of rotatable bonds is 4. The zero-order valence-electron chi connectivity index (χ0n) is 9.46. The van der Waals surface area contributed by atoms with Crippen molar-refractivity contribution in [3.8, 4) is 0 Å². The van der Waals surface area contributed by atoms with E-state index in [-0.39, 0.29) is 11.5 Å². The Balaban J connectivity index is 2.73. The summed E-state index contributed by atoms with van der Waals surface area (Å²) in [6, 6.07) is 0.265. The first-order valence-electron chi connectivity index (χ1n) is 5.14. The number of nitrogens with zero attached hydrogens (tertiary/aromatic N) is 2. The molecule has 0 amide bonds. The molecule has 14 heavy (non-hydrogen) atoms. The van der Waals surface area contributed by atoms with Gasteiger partial charge in [-0.15, -0.1) is 0 Å². The summed E-state index contributed by atoms with van der Waals surface area (Å²) in [6.45, 7) is 9.78. The molecule has 1 aromatic rings. The molecule has 0 saturated heterocycles. The van der Waals surface area contributed by atoms with Gasteiger partial charge in [0.05, 0.1) is 17.9 Å². The zero-order valence-corrected chi connectivity index (χ0v) is 9.46. The van der Waals surface area contributed by atoms with E-state index in [0.717, 1.165) is 18.7 Å². The summed E-state index contributed by atoms with van der Waals surface area (Å²) >= 11 is 0. The molecule has 1 atom stereocenters. The van der Waals surface area contributed by atoms with Crippen LogP contribution in [0.25, 0.3) is 0 Å². The maximum atomic E-state index is 4.14. The van der Waals surface area contributed by atoms with Gasteiger partial charge in [0.1, 0.15) is 0 Å². The second-order valence-corrected chi connectivity index (χ2v) is 4.65. The van der Waals surface area contributed by atoms with Crippen LogP contribution < -0.4 is 5.32 Å². The van der Waals surface area contributed by atoms with Crippen LogP contribution in [0.5, 0.6) is 0 Å². The molecule has 1 unspecified atom stereocenters. The normalized spacial score (nSPS) is 14.3. The van der Waals surface area contributed by atoms with Crippen LogP contribution in [0.4, 0.5) is 0 Å². The lowest BCUT2D eigenvalue weighted by Crippen LogP contribution is -2.33. The molecule has 0 bridgehead atoms. The van der Waals surface area contributed by atoms with E-state index < -0.39 is 0 Å². The lowest BCUT2D eigenvalue weighted by atomic mass is 9.85.